The molecule has 1 unspecified atom stereocenters. The first-order valence-corrected chi connectivity index (χ1v) is 7.12. The van der Waals surface area contributed by atoms with Gasteiger partial charge in [-0.1, -0.05) is 22.0 Å². The normalized spacial score (nSPS) is 23.6. The molecule has 0 saturated carbocycles. The van der Waals surface area contributed by atoms with Gasteiger partial charge in [-0.25, -0.2) is 4.39 Å². The highest BCUT2D eigenvalue weighted by atomic mass is 79.9. The summed E-state index contributed by atoms with van der Waals surface area (Å²) < 4.78 is 14.5. The predicted molar refractivity (Wildman–Crippen MR) is 76.2 cm³/mol. The lowest BCUT2D eigenvalue weighted by Crippen LogP contribution is -2.39. The van der Waals surface area contributed by atoms with E-state index in [1.807, 2.05) is 13.0 Å². The van der Waals surface area contributed by atoms with Crippen LogP contribution in [0.1, 0.15) is 18.9 Å². The Bertz CT molecular complexity index is 494. The van der Waals surface area contributed by atoms with Gasteiger partial charge in [-0.2, -0.15) is 0 Å². The average molecular weight is 329 g/mol. The van der Waals surface area contributed by atoms with Crippen LogP contribution in [-0.2, 0) is 11.3 Å². The molecular weight excluding hydrogens is 311 g/mol. The molecule has 2 rings (SSSR count). The molecular formula is C14H18BrFN2O. The number of benzene rings is 1. The first kappa shape index (κ1) is 14.5. The van der Waals surface area contributed by atoms with Crippen molar-refractivity contribution < 1.29 is 9.18 Å². The second-order valence-corrected chi connectivity index (χ2v) is 6.25. The van der Waals surface area contributed by atoms with Crippen LogP contribution >= 0.6 is 15.9 Å². The first-order chi connectivity index (χ1) is 8.94. The molecule has 5 heteroatoms. The van der Waals surface area contributed by atoms with E-state index in [4.69, 9.17) is 0 Å². The van der Waals surface area contributed by atoms with Gasteiger partial charge in [0.25, 0.3) is 0 Å². The summed E-state index contributed by atoms with van der Waals surface area (Å²) in [6, 6.07) is 5.10. The fraction of sp³-hybridized carbons (Fsp3) is 0.500. The van der Waals surface area contributed by atoms with Gasteiger partial charge in [0.05, 0.1) is 5.41 Å². The van der Waals surface area contributed by atoms with E-state index in [0.717, 1.165) is 17.4 Å². The number of carbonyl (C=O) groups excluding carboxylic acids is 1. The lowest BCUT2D eigenvalue weighted by Gasteiger charge is -2.22. The summed E-state index contributed by atoms with van der Waals surface area (Å²) in [6.07, 6.45) is 0.810. The molecule has 1 aliphatic rings. The van der Waals surface area contributed by atoms with Gasteiger partial charge in [-0.15, -0.1) is 0 Å². The molecule has 1 aromatic rings. The first-order valence-electron chi connectivity index (χ1n) is 6.33. The SMILES string of the molecule is CNC(=O)C1(C)CCN(Cc2ccc(Br)cc2F)C1. The Balaban J connectivity index is 2.04. The fourth-order valence-corrected chi connectivity index (χ4v) is 2.90. The van der Waals surface area contributed by atoms with E-state index in [9.17, 15) is 9.18 Å². The van der Waals surface area contributed by atoms with Gasteiger partial charge in [0, 0.05) is 30.2 Å². The summed E-state index contributed by atoms with van der Waals surface area (Å²) in [4.78, 5) is 14.0. The predicted octanol–water partition coefficient (Wildman–Crippen LogP) is 2.55. The Labute approximate surface area is 121 Å². The molecule has 0 bridgehead atoms. The van der Waals surface area contributed by atoms with Crippen LogP contribution in [-0.4, -0.2) is 30.9 Å². The van der Waals surface area contributed by atoms with Crippen LogP contribution < -0.4 is 5.32 Å². The van der Waals surface area contributed by atoms with E-state index in [1.54, 1.807) is 13.1 Å². The van der Waals surface area contributed by atoms with Gasteiger partial charge < -0.3 is 5.32 Å². The Morgan fingerprint density at radius 2 is 2.32 bits per heavy atom. The molecule has 0 spiro atoms. The van der Waals surface area contributed by atoms with Gasteiger partial charge in [0.1, 0.15) is 5.82 Å². The fourth-order valence-electron chi connectivity index (χ4n) is 2.57. The smallest absolute Gasteiger partial charge is 0.227 e. The largest absolute Gasteiger partial charge is 0.359 e. The number of halogens is 2. The molecule has 104 valence electrons. The van der Waals surface area contributed by atoms with Crippen molar-refractivity contribution in [3.05, 3.63) is 34.1 Å². The maximum absolute atomic E-state index is 13.8. The Kier molecular flexibility index (Phi) is 4.26. The zero-order valence-corrected chi connectivity index (χ0v) is 12.8. The Morgan fingerprint density at radius 3 is 2.95 bits per heavy atom. The second kappa shape index (κ2) is 5.59. The summed E-state index contributed by atoms with van der Waals surface area (Å²) in [5, 5.41) is 2.70. The number of nitrogens with one attached hydrogen (secondary N) is 1. The maximum atomic E-state index is 13.8. The van der Waals surface area contributed by atoms with Crippen molar-refractivity contribution in [2.75, 3.05) is 20.1 Å². The number of likely N-dealkylation sites (tertiary alicyclic amines) is 1. The van der Waals surface area contributed by atoms with Crippen molar-refractivity contribution in [2.24, 2.45) is 5.41 Å². The van der Waals surface area contributed by atoms with Gasteiger partial charge in [0.15, 0.2) is 0 Å². The number of hydrogen-bond donors (Lipinski definition) is 1. The van der Waals surface area contributed by atoms with E-state index < -0.39 is 0 Å². The molecule has 1 amide bonds. The van der Waals surface area contributed by atoms with E-state index in [0.29, 0.717) is 18.7 Å². The van der Waals surface area contributed by atoms with Gasteiger partial charge in [-0.05, 0) is 32.0 Å². The van der Waals surface area contributed by atoms with Gasteiger partial charge in [-0.3, -0.25) is 9.69 Å². The monoisotopic (exact) mass is 328 g/mol. The van der Waals surface area contributed by atoms with Crippen molar-refractivity contribution in [1.29, 1.82) is 0 Å². The minimum absolute atomic E-state index is 0.0614. The second-order valence-electron chi connectivity index (χ2n) is 5.34. The lowest BCUT2D eigenvalue weighted by molar-refractivity contribution is -0.129. The molecule has 1 aliphatic heterocycles. The van der Waals surface area contributed by atoms with Crippen LogP contribution in [0.2, 0.25) is 0 Å². The summed E-state index contributed by atoms with van der Waals surface area (Å²) in [5.74, 6) is -0.144. The Hall–Kier alpha value is -0.940. The number of amides is 1. The summed E-state index contributed by atoms with van der Waals surface area (Å²) in [7, 11) is 1.66. The van der Waals surface area contributed by atoms with Crippen molar-refractivity contribution in [3.63, 3.8) is 0 Å². The standard InChI is InChI=1S/C14H18BrFN2O/c1-14(13(19)17-2)5-6-18(9-14)8-10-3-4-11(15)7-12(10)16/h3-4,7H,5-6,8-9H2,1-2H3,(H,17,19). The minimum atomic E-state index is -0.361. The highest BCUT2D eigenvalue weighted by Crippen LogP contribution is 2.31. The van der Waals surface area contributed by atoms with Crippen LogP contribution in [0.3, 0.4) is 0 Å². The van der Waals surface area contributed by atoms with Crippen molar-refractivity contribution in [3.8, 4) is 0 Å². The molecule has 1 atom stereocenters. The number of carbonyl (C=O) groups is 1. The quantitative estimate of drug-likeness (QED) is 0.924. The third-order valence-corrected chi connectivity index (χ3v) is 4.23. The van der Waals surface area contributed by atoms with Crippen LogP contribution in [0, 0.1) is 11.2 Å². The number of hydrogen-bond acceptors (Lipinski definition) is 2. The van der Waals surface area contributed by atoms with E-state index in [-0.39, 0.29) is 17.1 Å². The Morgan fingerprint density at radius 1 is 1.58 bits per heavy atom. The van der Waals surface area contributed by atoms with Crippen LogP contribution in [0.15, 0.2) is 22.7 Å². The van der Waals surface area contributed by atoms with Gasteiger partial charge in [0.2, 0.25) is 5.91 Å². The highest BCUT2D eigenvalue weighted by molar-refractivity contribution is 9.10. The molecule has 0 radical (unpaired) electrons. The summed E-state index contributed by atoms with van der Waals surface area (Å²) >= 11 is 3.25. The molecule has 3 nitrogen and oxygen atoms in total. The van der Waals surface area contributed by atoms with Crippen LogP contribution in [0.5, 0.6) is 0 Å². The average Bonchev–Trinajstić information content (AvgIpc) is 2.75. The summed E-state index contributed by atoms with van der Waals surface area (Å²) in [6.45, 7) is 4.00. The van der Waals surface area contributed by atoms with E-state index >= 15 is 0 Å². The van der Waals surface area contributed by atoms with Crippen molar-refractivity contribution in [2.45, 2.75) is 19.9 Å². The third-order valence-electron chi connectivity index (χ3n) is 3.74. The summed E-state index contributed by atoms with van der Waals surface area (Å²) in [5.41, 5.74) is 0.310. The molecule has 19 heavy (non-hydrogen) atoms. The zero-order valence-electron chi connectivity index (χ0n) is 11.2. The van der Waals surface area contributed by atoms with Crippen LogP contribution in [0.4, 0.5) is 4.39 Å². The van der Waals surface area contributed by atoms with E-state index in [1.165, 1.54) is 6.07 Å². The molecule has 1 heterocycles. The van der Waals surface area contributed by atoms with Crippen LogP contribution in [0.25, 0.3) is 0 Å². The molecule has 0 aliphatic carbocycles. The number of rotatable bonds is 3. The molecule has 1 N–H and O–H groups in total. The molecule has 1 fully saturated rings. The van der Waals surface area contributed by atoms with Crippen molar-refractivity contribution in [1.82, 2.24) is 10.2 Å². The lowest BCUT2D eigenvalue weighted by atomic mass is 9.89. The van der Waals surface area contributed by atoms with E-state index in [2.05, 4.69) is 26.1 Å². The minimum Gasteiger partial charge on any atom is -0.359 e. The highest BCUT2D eigenvalue weighted by Gasteiger charge is 2.39. The topological polar surface area (TPSA) is 32.3 Å². The van der Waals surface area contributed by atoms with Crippen molar-refractivity contribution >= 4 is 21.8 Å². The molecule has 1 saturated heterocycles. The number of nitrogens with zero attached hydrogens (tertiary/aromatic N) is 1. The zero-order chi connectivity index (χ0) is 14.0. The molecule has 1 aromatic carbocycles. The van der Waals surface area contributed by atoms with Gasteiger partial charge >= 0.3 is 0 Å². The maximum Gasteiger partial charge on any atom is 0.227 e. The third kappa shape index (κ3) is 3.15. The molecule has 0 aromatic heterocycles.